The Kier molecular flexibility index (Phi) is 6.88. The second-order valence-electron chi connectivity index (χ2n) is 7.31. The van der Waals surface area contributed by atoms with Crippen LogP contribution in [0.4, 0.5) is 29.5 Å². The van der Waals surface area contributed by atoms with Crippen molar-refractivity contribution >= 4 is 17.9 Å². The zero-order chi connectivity index (χ0) is 22.6. The number of aliphatic carboxylic acids is 1. The number of fused-ring (bicyclic) bond motifs is 1. The molecule has 168 valence electrons. The smallest absolute Gasteiger partial charge is 0.475 e. The molecule has 2 heterocycles. The number of alkyl halides is 3. The lowest BCUT2D eigenvalue weighted by Crippen LogP contribution is -2.28. The summed E-state index contributed by atoms with van der Waals surface area (Å²) in [6.45, 7) is 1.61. The van der Waals surface area contributed by atoms with Gasteiger partial charge in [-0.1, -0.05) is 12.1 Å². The highest BCUT2D eigenvalue weighted by Crippen LogP contribution is 2.33. The molecule has 2 unspecified atom stereocenters. The van der Waals surface area contributed by atoms with Crippen LogP contribution in [0.1, 0.15) is 36.4 Å². The highest BCUT2D eigenvalue weighted by Gasteiger charge is 2.38. The summed E-state index contributed by atoms with van der Waals surface area (Å²) in [5.41, 5.74) is 7.76. The first-order chi connectivity index (χ1) is 14.6. The Bertz CT molecular complexity index is 927. The minimum absolute atomic E-state index is 0.106. The van der Waals surface area contributed by atoms with Crippen molar-refractivity contribution in [2.75, 3.05) is 23.3 Å². The molecule has 2 atom stereocenters. The van der Waals surface area contributed by atoms with Gasteiger partial charge in [-0.15, -0.1) is 0 Å². The minimum Gasteiger partial charge on any atom is -0.475 e. The quantitative estimate of drug-likeness (QED) is 0.621. The number of anilines is 2. The van der Waals surface area contributed by atoms with E-state index in [4.69, 9.17) is 15.6 Å². The maximum Gasteiger partial charge on any atom is 0.490 e. The molecular formula is C19H22F4N6O2. The first-order valence-corrected chi connectivity index (χ1v) is 9.68. The second-order valence-corrected chi connectivity index (χ2v) is 7.31. The van der Waals surface area contributed by atoms with Crippen molar-refractivity contribution in [1.82, 2.24) is 15.0 Å². The molecule has 8 nitrogen and oxygen atoms in total. The molecule has 1 aliphatic carbocycles. The van der Waals surface area contributed by atoms with Crippen LogP contribution in [0.5, 0.6) is 0 Å². The number of carbonyl (C=O) groups is 1. The number of rotatable bonds is 3. The van der Waals surface area contributed by atoms with Crippen LogP contribution in [0, 0.1) is 5.82 Å². The van der Waals surface area contributed by atoms with Gasteiger partial charge in [0.2, 0.25) is 11.9 Å². The molecule has 0 amide bonds. The third-order valence-electron chi connectivity index (χ3n) is 5.04. The Hall–Kier alpha value is -3.02. The van der Waals surface area contributed by atoms with Crippen LogP contribution in [0.25, 0.3) is 0 Å². The summed E-state index contributed by atoms with van der Waals surface area (Å²) >= 11 is 0. The van der Waals surface area contributed by atoms with Gasteiger partial charge in [-0.3, -0.25) is 0 Å². The largest absolute Gasteiger partial charge is 0.490 e. The third-order valence-corrected chi connectivity index (χ3v) is 5.04. The van der Waals surface area contributed by atoms with E-state index in [9.17, 15) is 17.6 Å². The molecule has 0 bridgehead atoms. The van der Waals surface area contributed by atoms with Gasteiger partial charge < -0.3 is 21.1 Å². The first kappa shape index (κ1) is 22.7. The number of nitrogens with two attached hydrogens (primary N) is 1. The predicted molar refractivity (Wildman–Crippen MR) is 104 cm³/mol. The Morgan fingerprint density at radius 2 is 2.00 bits per heavy atom. The molecule has 1 aromatic carbocycles. The summed E-state index contributed by atoms with van der Waals surface area (Å²) in [6.07, 6.45) is 0.158. The maximum atomic E-state index is 14.3. The van der Waals surface area contributed by atoms with E-state index in [1.807, 2.05) is 6.07 Å². The van der Waals surface area contributed by atoms with Gasteiger partial charge in [0, 0.05) is 24.7 Å². The number of aromatic nitrogens is 3. The molecule has 2 aliphatic rings. The zero-order valence-corrected chi connectivity index (χ0v) is 16.4. The van der Waals surface area contributed by atoms with Gasteiger partial charge in [0.1, 0.15) is 12.1 Å². The average Bonchev–Trinajstić information content (AvgIpc) is 3.15. The van der Waals surface area contributed by atoms with E-state index in [1.165, 1.54) is 12.4 Å². The molecule has 0 spiro atoms. The number of nitrogens with one attached hydrogen (secondary N) is 1. The fraction of sp³-hybridized carbons (Fsp3) is 0.474. The van der Waals surface area contributed by atoms with Crippen molar-refractivity contribution in [3.05, 3.63) is 41.5 Å². The summed E-state index contributed by atoms with van der Waals surface area (Å²) in [6, 6.07) is 5.34. The SMILES string of the molecule is NC1CCN(c2ncnc(NC3CCCc4cccc(F)c43)n2)C1.O=C(O)C(F)(F)F. The summed E-state index contributed by atoms with van der Waals surface area (Å²) in [4.78, 5) is 23.9. The standard InChI is InChI=1S/C17H21FN6.C2HF3O2/c18-13-5-1-3-11-4-2-6-14(15(11)13)22-16-20-10-21-17(23-16)24-8-7-12(19)9-24;3-2(4,5)1(6)7/h1,3,5,10,12,14H,2,4,6-9,19H2,(H,20,21,22,23);(H,6,7). The van der Waals surface area contributed by atoms with Gasteiger partial charge in [-0.25, -0.2) is 19.2 Å². The van der Waals surface area contributed by atoms with Crippen molar-refractivity contribution in [3.63, 3.8) is 0 Å². The van der Waals surface area contributed by atoms with Gasteiger partial charge in [0.25, 0.3) is 0 Å². The van der Waals surface area contributed by atoms with E-state index in [-0.39, 0.29) is 17.9 Å². The summed E-state index contributed by atoms with van der Waals surface area (Å²) in [5.74, 6) is -1.80. The molecule has 1 saturated heterocycles. The molecule has 1 fully saturated rings. The number of carboxylic acid groups (broad SMARTS) is 1. The molecule has 12 heteroatoms. The summed E-state index contributed by atoms with van der Waals surface area (Å²) in [7, 11) is 0. The van der Waals surface area contributed by atoms with E-state index in [1.54, 1.807) is 6.07 Å². The van der Waals surface area contributed by atoms with Gasteiger partial charge in [-0.05, 0) is 37.3 Å². The summed E-state index contributed by atoms with van der Waals surface area (Å²) < 4.78 is 46.0. The van der Waals surface area contributed by atoms with E-state index < -0.39 is 12.1 Å². The molecular weight excluding hydrogens is 420 g/mol. The fourth-order valence-corrected chi connectivity index (χ4v) is 3.61. The van der Waals surface area contributed by atoms with Crippen molar-refractivity contribution in [2.24, 2.45) is 5.73 Å². The van der Waals surface area contributed by atoms with Crippen LogP contribution >= 0.6 is 0 Å². The Morgan fingerprint density at radius 1 is 1.26 bits per heavy atom. The van der Waals surface area contributed by atoms with Gasteiger partial charge >= 0.3 is 12.1 Å². The van der Waals surface area contributed by atoms with Gasteiger partial charge in [-0.2, -0.15) is 18.2 Å². The fourth-order valence-electron chi connectivity index (χ4n) is 3.61. The van der Waals surface area contributed by atoms with Crippen LogP contribution in [0.3, 0.4) is 0 Å². The Labute approximate surface area is 175 Å². The van der Waals surface area contributed by atoms with Crippen LogP contribution in [0.2, 0.25) is 0 Å². The van der Waals surface area contributed by atoms with Gasteiger partial charge in [0.15, 0.2) is 0 Å². The van der Waals surface area contributed by atoms with Crippen LogP contribution in [0.15, 0.2) is 24.5 Å². The van der Waals surface area contributed by atoms with E-state index in [0.29, 0.717) is 11.9 Å². The van der Waals surface area contributed by atoms with E-state index >= 15 is 0 Å². The number of nitrogens with zero attached hydrogens (tertiary/aromatic N) is 4. The molecule has 1 aromatic heterocycles. The molecule has 4 rings (SSSR count). The van der Waals surface area contributed by atoms with Crippen molar-refractivity contribution in [3.8, 4) is 0 Å². The lowest BCUT2D eigenvalue weighted by Gasteiger charge is -2.27. The monoisotopic (exact) mass is 442 g/mol. The number of carboxylic acids is 1. The first-order valence-electron chi connectivity index (χ1n) is 9.68. The highest BCUT2D eigenvalue weighted by molar-refractivity contribution is 5.73. The van der Waals surface area contributed by atoms with E-state index in [0.717, 1.165) is 49.9 Å². The normalized spacial score (nSPS) is 20.5. The number of aryl methyl sites for hydroxylation is 1. The molecule has 31 heavy (non-hydrogen) atoms. The molecule has 1 aliphatic heterocycles. The van der Waals surface area contributed by atoms with Crippen molar-refractivity contribution in [1.29, 1.82) is 0 Å². The number of benzene rings is 1. The van der Waals surface area contributed by atoms with Crippen LogP contribution in [-0.4, -0.2) is 51.3 Å². The summed E-state index contributed by atoms with van der Waals surface area (Å²) in [5, 5.41) is 10.4. The van der Waals surface area contributed by atoms with Crippen molar-refractivity contribution in [2.45, 2.75) is 43.9 Å². The highest BCUT2D eigenvalue weighted by atomic mass is 19.4. The molecule has 0 radical (unpaired) electrons. The zero-order valence-electron chi connectivity index (χ0n) is 16.4. The Balaban J connectivity index is 0.000000339. The number of hydrogen-bond donors (Lipinski definition) is 3. The second kappa shape index (κ2) is 9.41. The molecule has 2 aromatic rings. The topological polar surface area (TPSA) is 117 Å². The molecule has 0 saturated carbocycles. The maximum absolute atomic E-state index is 14.3. The lowest BCUT2D eigenvalue weighted by molar-refractivity contribution is -0.192. The van der Waals surface area contributed by atoms with Crippen LogP contribution < -0.4 is 16.0 Å². The lowest BCUT2D eigenvalue weighted by atomic mass is 9.87. The van der Waals surface area contributed by atoms with Gasteiger partial charge in [0.05, 0.1) is 6.04 Å². The number of hydrogen-bond acceptors (Lipinski definition) is 7. The predicted octanol–water partition coefficient (Wildman–Crippen LogP) is 2.67. The van der Waals surface area contributed by atoms with Crippen LogP contribution in [-0.2, 0) is 11.2 Å². The average molecular weight is 442 g/mol. The minimum atomic E-state index is -5.08. The third kappa shape index (κ3) is 5.78. The Morgan fingerprint density at radius 3 is 2.65 bits per heavy atom. The molecule has 4 N–H and O–H groups in total. The van der Waals surface area contributed by atoms with E-state index in [2.05, 4.69) is 25.2 Å². The number of halogens is 4. The van der Waals surface area contributed by atoms with Crippen molar-refractivity contribution < 1.29 is 27.5 Å².